The summed E-state index contributed by atoms with van der Waals surface area (Å²) in [6.07, 6.45) is 21.4. The van der Waals surface area contributed by atoms with Crippen LogP contribution in [0.3, 0.4) is 0 Å². The highest BCUT2D eigenvalue weighted by Crippen LogP contribution is 2.31. The van der Waals surface area contributed by atoms with Gasteiger partial charge in [-0.25, -0.2) is 0 Å². The predicted octanol–water partition coefficient (Wildman–Crippen LogP) is 6.76. The summed E-state index contributed by atoms with van der Waals surface area (Å²) in [4.78, 5) is 9.40. The second kappa shape index (κ2) is 11.8. The van der Waals surface area contributed by atoms with Crippen molar-refractivity contribution in [3.05, 3.63) is 48.6 Å². The van der Waals surface area contributed by atoms with Gasteiger partial charge in [-0.3, -0.25) is 9.98 Å². The van der Waals surface area contributed by atoms with Crippen LogP contribution in [0.4, 0.5) is 0 Å². The van der Waals surface area contributed by atoms with Gasteiger partial charge in [-0.05, 0) is 52.7 Å². The lowest BCUT2D eigenvalue weighted by Gasteiger charge is -2.29. The number of hydrogen-bond acceptors (Lipinski definition) is 2. The van der Waals surface area contributed by atoms with Crippen molar-refractivity contribution in [3.8, 4) is 0 Å². The van der Waals surface area contributed by atoms with Crippen molar-refractivity contribution >= 4 is 12.9 Å². The SMILES string of the molecule is C=C/C=C(\C)C1CCCC(/N=C/C(C)(C)C/C=C\C=C/C)CCC1N=C. The minimum absolute atomic E-state index is 0.0996. The molecule has 0 aromatic heterocycles. The summed E-state index contributed by atoms with van der Waals surface area (Å²) in [5.41, 5.74) is 1.48. The summed E-state index contributed by atoms with van der Waals surface area (Å²) in [5.74, 6) is 0.503. The van der Waals surface area contributed by atoms with Crippen molar-refractivity contribution < 1.29 is 0 Å². The Labute approximate surface area is 161 Å². The monoisotopic (exact) mass is 354 g/mol. The maximum absolute atomic E-state index is 4.96. The Morgan fingerprint density at radius 2 is 1.92 bits per heavy atom. The van der Waals surface area contributed by atoms with Crippen LogP contribution in [0.5, 0.6) is 0 Å². The van der Waals surface area contributed by atoms with Crippen LogP contribution in [-0.2, 0) is 0 Å². The van der Waals surface area contributed by atoms with Gasteiger partial charge in [0, 0.05) is 23.6 Å². The Morgan fingerprint density at radius 3 is 2.58 bits per heavy atom. The lowest BCUT2D eigenvalue weighted by atomic mass is 9.81. The molecule has 1 rings (SSSR count). The molecule has 3 unspecified atom stereocenters. The van der Waals surface area contributed by atoms with Crippen molar-refractivity contribution in [3.63, 3.8) is 0 Å². The van der Waals surface area contributed by atoms with Crippen molar-refractivity contribution in [2.45, 2.75) is 78.3 Å². The Bertz CT molecular complexity index is 549. The quantitative estimate of drug-likeness (QED) is 0.340. The van der Waals surface area contributed by atoms with Crippen LogP contribution >= 0.6 is 0 Å². The molecule has 1 aliphatic carbocycles. The number of nitrogens with zero attached hydrogens (tertiary/aromatic N) is 2. The lowest BCUT2D eigenvalue weighted by Crippen LogP contribution is -2.25. The molecule has 0 spiro atoms. The second-order valence-corrected chi connectivity index (χ2v) is 8.09. The third-order valence-corrected chi connectivity index (χ3v) is 5.23. The molecule has 2 heteroatoms. The molecule has 1 saturated carbocycles. The van der Waals surface area contributed by atoms with Crippen molar-refractivity contribution in [1.82, 2.24) is 0 Å². The topological polar surface area (TPSA) is 24.7 Å². The first-order chi connectivity index (χ1) is 12.4. The van der Waals surface area contributed by atoms with Gasteiger partial charge in [0.2, 0.25) is 0 Å². The normalized spacial score (nSPS) is 26.3. The molecule has 1 fully saturated rings. The highest BCUT2D eigenvalue weighted by molar-refractivity contribution is 5.65. The maximum atomic E-state index is 4.96. The summed E-state index contributed by atoms with van der Waals surface area (Å²) < 4.78 is 0. The minimum atomic E-state index is 0.0996. The van der Waals surface area contributed by atoms with E-state index in [2.05, 4.69) is 75.7 Å². The average molecular weight is 355 g/mol. The van der Waals surface area contributed by atoms with Crippen LogP contribution < -0.4 is 0 Å². The average Bonchev–Trinajstić information content (AvgIpc) is 2.58. The van der Waals surface area contributed by atoms with Gasteiger partial charge in [-0.2, -0.15) is 0 Å². The number of aliphatic imine (C=N–C) groups is 2. The van der Waals surface area contributed by atoms with Gasteiger partial charge in [0.15, 0.2) is 0 Å². The fraction of sp³-hybridized carbons (Fsp3) is 0.583. The first-order valence-electron chi connectivity index (χ1n) is 10.0. The third-order valence-electron chi connectivity index (χ3n) is 5.23. The minimum Gasteiger partial charge on any atom is -0.297 e. The maximum Gasteiger partial charge on any atom is 0.0558 e. The Morgan fingerprint density at radius 1 is 1.15 bits per heavy atom. The Kier molecular flexibility index (Phi) is 10.2. The van der Waals surface area contributed by atoms with Gasteiger partial charge in [0.25, 0.3) is 0 Å². The zero-order valence-electron chi connectivity index (χ0n) is 17.3. The standard InChI is InChI=1S/C24H38N2/c1-7-9-10-11-18-24(4,5)19-26-21-14-12-15-22(20(3)13-8-2)23(25-6)17-16-21/h7-11,13,19,21-23H,2,6,12,14-18H2,1,3-5H3/b9-7-,11-10-,20-13+,26-19+. The van der Waals surface area contributed by atoms with E-state index in [0.717, 1.165) is 19.3 Å². The molecule has 144 valence electrons. The lowest BCUT2D eigenvalue weighted by molar-refractivity contribution is 0.350. The highest BCUT2D eigenvalue weighted by Gasteiger charge is 2.25. The van der Waals surface area contributed by atoms with Crippen LogP contribution in [-0.4, -0.2) is 25.0 Å². The zero-order valence-corrected chi connectivity index (χ0v) is 17.3. The molecule has 0 saturated heterocycles. The Hall–Kier alpha value is -1.70. The largest absolute Gasteiger partial charge is 0.297 e. The van der Waals surface area contributed by atoms with Gasteiger partial charge in [0.05, 0.1) is 6.04 Å². The fourth-order valence-corrected chi connectivity index (χ4v) is 3.60. The number of hydrogen-bond donors (Lipinski definition) is 0. The molecule has 0 aliphatic heterocycles. The van der Waals surface area contributed by atoms with Gasteiger partial charge in [0.1, 0.15) is 0 Å². The van der Waals surface area contributed by atoms with Gasteiger partial charge in [-0.1, -0.05) is 68.9 Å². The summed E-state index contributed by atoms with van der Waals surface area (Å²) in [7, 11) is 0. The number of allylic oxidation sites excluding steroid dienone is 6. The zero-order chi connectivity index (χ0) is 19.4. The molecule has 0 amide bonds. The molecule has 0 N–H and O–H groups in total. The van der Waals surface area contributed by atoms with Crippen molar-refractivity contribution in [1.29, 1.82) is 0 Å². The first kappa shape index (κ1) is 22.3. The van der Waals surface area contributed by atoms with Gasteiger partial charge >= 0.3 is 0 Å². The van der Waals surface area contributed by atoms with E-state index < -0.39 is 0 Å². The van der Waals surface area contributed by atoms with E-state index in [1.165, 1.54) is 24.8 Å². The molecule has 0 bridgehead atoms. The van der Waals surface area contributed by atoms with E-state index in [1.807, 2.05) is 13.0 Å². The van der Waals surface area contributed by atoms with E-state index in [-0.39, 0.29) is 5.41 Å². The van der Waals surface area contributed by atoms with E-state index >= 15 is 0 Å². The van der Waals surface area contributed by atoms with Crippen molar-refractivity contribution in [2.75, 3.05) is 0 Å². The Balaban J connectivity index is 2.68. The molecule has 2 nitrogen and oxygen atoms in total. The van der Waals surface area contributed by atoms with E-state index in [0.29, 0.717) is 18.0 Å². The van der Waals surface area contributed by atoms with Gasteiger partial charge in [-0.15, -0.1) is 0 Å². The fourth-order valence-electron chi connectivity index (χ4n) is 3.60. The van der Waals surface area contributed by atoms with Crippen LogP contribution in [0.15, 0.2) is 58.6 Å². The highest BCUT2D eigenvalue weighted by atomic mass is 14.8. The summed E-state index contributed by atoms with van der Waals surface area (Å²) in [6.45, 7) is 16.4. The summed E-state index contributed by atoms with van der Waals surface area (Å²) in [5, 5.41) is 0. The summed E-state index contributed by atoms with van der Waals surface area (Å²) in [6, 6.07) is 0.726. The summed E-state index contributed by atoms with van der Waals surface area (Å²) >= 11 is 0. The molecule has 0 radical (unpaired) electrons. The van der Waals surface area contributed by atoms with Crippen molar-refractivity contribution in [2.24, 2.45) is 21.3 Å². The molecule has 3 atom stereocenters. The van der Waals surface area contributed by atoms with Crippen LogP contribution in [0, 0.1) is 11.3 Å². The molecular formula is C24H38N2. The molecule has 0 heterocycles. The molecule has 0 aromatic carbocycles. The van der Waals surface area contributed by atoms with E-state index in [9.17, 15) is 0 Å². The predicted molar refractivity (Wildman–Crippen MR) is 118 cm³/mol. The second-order valence-electron chi connectivity index (χ2n) is 8.09. The van der Waals surface area contributed by atoms with Crippen LogP contribution in [0.25, 0.3) is 0 Å². The molecule has 0 aromatic rings. The van der Waals surface area contributed by atoms with Crippen LogP contribution in [0.2, 0.25) is 0 Å². The third kappa shape index (κ3) is 8.12. The van der Waals surface area contributed by atoms with Gasteiger partial charge < -0.3 is 0 Å². The van der Waals surface area contributed by atoms with E-state index in [1.54, 1.807) is 0 Å². The number of rotatable bonds is 8. The first-order valence-corrected chi connectivity index (χ1v) is 10.0. The smallest absolute Gasteiger partial charge is 0.0558 e. The molecular weight excluding hydrogens is 316 g/mol. The van der Waals surface area contributed by atoms with E-state index in [4.69, 9.17) is 4.99 Å². The molecule has 26 heavy (non-hydrogen) atoms. The molecule has 1 aliphatic rings. The van der Waals surface area contributed by atoms with Crippen LogP contribution in [0.1, 0.15) is 66.2 Å².